The quantitative estimate of drug-likeness (QED) is 0.764. The van der Waals surface area contributed by atoms with Crippen LogP contribution in [0.15, 0.2) is 41.6 Å². The Kier molecular flexibility index (Phi) is 4.64. The Labute approximate surface area is 125 Å². The largest absolute Gasteiger partial charge is 0.375 e. The molecule has 6 nitrogen and oxygen atoms in total. The molecule has 0 aliphatic rings. The number of sulfonamides is 1. The number of imidazole rings is 1. The van der Waals surface area contributed by atoms with Crippen molar-refractivity contribution in [3.8, 4) is 0 Å². The maximum Gasteiger partial charge on any atom is 0.240 e. The van der Waals surface area contributed by atoms with Crippen molar-refractivity contribution in [1.82, 2.24) is 14.7 Å². The lowest BCUT2D eigenvalue weighted by atomic mass is 10.2. The number of nitrogens with zero attached hydrogens (tertiary/aromatic N) is 1. The van der Waals surface area contributed by atoms with Gasteiger partial charge in [0.25, 0.3) is 0 Å². The smallest absolute Gasteiger partial charge is 0.240 e. The summed E-state index contributed by atoms with van der Waals surface area (Å²) in [5.74, 6) is 0.827. The number of hydrogen-bond acceptors (Lipinski definition) is 4. The molecule has 0 fully saturated rings. The van der Waals surface area contributed by atoms with Crippen LogP contribution in [0.1, 0.15) is 32.6 Å². The number of aromatic amines is 1. The van der Waals surface area contributed by atoms with E-state index >= 15 is 0 Å². The van der Waals surface area contributed by atoms with Crippen LogP contribution in [0.3, 0.4) is 0 Å². The SMILES string of the molecule is CC(C)NS(=O)(=O)c1ccc(NC(C)c2ncc[nH]2)cc1. The summed E-state index contributed by atoms with van der Waals surface area (Å²) in [6.45, 7) is 5.56. The predicted octanol–water partition coefficient (Wildman–Crippen LogP) is 2.27. The Balaban J connectivity index is 2.09. The number of nitrogens with one attached hydrogen (secondary N) is 3. The molecule has 0 radical (unpaired) electrons. The summed E-state index contributed by atoms with van der Waals surface area (Å²) in [7, 11) is -3.44. The first-order chi connectivity index (χ1) is 9.88. The highest BCUT2D eigenvalue weighted by Gasteiger charge is 2.15. The second kappa shape index (κ2) is 6.28. The fraction of sp³-hybridized carbons (Fsp3) is 0.357. The van der Waals surface area contributed by atoms with Gasteiger partial charge in [0.05, 0.1) is 10.9 Å². The summed E-state index contributed by atoms with van der Waals surface area (Å²) in [5.41, 5.74) is 0.836. The lowest BCUT2D eigenvalue weighted by molar-refractivity contribution is 0.570. The van der Waals surface area contributed by atoms with Crippen LogP contribution in [0.2, 0.25) is 0 Å². The van der Waals surface area contributed by atoms with E-state index in [1.54, 1.807) is 50.5 Å². The molecule has 114 valence electrons. The van der Waals surface area contributed by atoms with Gasteiger partial charge in [-0.1, -0.05) is 0 Å². The summed E-state index contributed by atoms with van der Waals surface area (Å²) >= 11 is 0. The van der Waals surface area contributed by atoms with Crippen LogP contribution < -0.4 is 10.0 Å². The van der Waals surface area contributed by atoms with Gasteiger partial charge in [-0.15, -0.1) is 0 Å². The molecule has 2 aromatic rings. The summed E-state index contributed by atoms with van der Waals surface area (Å²) in [4.78, 5) is 7.47. The Hall–Kier alpha value is -1.86. The summed E-state index contributed by atoms with van der Waals surface area (Å²) in [5, 5.41) is 3.25. The van der Waals surface area contributed by atoms with E-state index in [0.717, 1.165) is 11.5 Å². The second-order valence-electron chi connectivity index (χ2n) is 5.14. The molecule has 1 unspecified atom stereocenters. The zero-order valence-electron chi connectivity index (χ0n) is 12.3. The first-order valence-electron chi connectivity index (χ1n) is 6.76. The molecular weight excluding hydrogens is 288 g/mol. The lowest BCUT2D eigenvalue weighted by Gasteiger charge is -2.14. The van der Waals surface area contributed by atoms with Gasteiger partial charge in [0.15, 0.2) is 0 Å². The van der Waals surface area contributed by atoms with Crippen LogP contribution in [-0.4, -0.2) is 24.4 Å². The second-order valence-corrected chi connectivity index (χ2v) is 6.85. The summed E-state index contributed by atoms with van der Waals surface area (Å²) < 4.78 is 26.6. The minimum Gasteiger partial charge on any atom is -0.375 e. The molecule has 0 saturated heterocycles. The van der Waals surface area contributed by atoms with Crippen molar-refractivity contribution >= 4 is 15.7 Å². The molecular formula is C14H20N4O2S. The Morgan fingerprint density at radius 1 is 1.14 bits per heavy atom. The average molecular weight is 308 g/mol. The van der Waals surface area contributed by atoms with E-state index in [-0.39, 0.29) is 17.0 Å². The first-order valence-corrected chi connectivity index (χ1v) is 8.25. The highest BCUT2D eigenvalue weighted by atomic mass is 32.2. The van der Waals surface area contributed by atoms with E-state index in [9.17, 15) is 8.42 Å². The van der Waals surface area contributed by atoms with E-state index in [2.05, 4.69) is 20.0 Å². The average Bonchev–Trinajstić information content (AvgIpc) is 2.91. The van der Waals surface area contributed by atoms with E-state index < -0.39 is 10.0 Å². The van der Waals surface area contributed by atoms with Gasteiger partial charge in [0.2, 0.25) is 10.0 Å². The van der Waals surface area contributed by atoms with Crippen molar-refractivity contribution in [1.29, 1.82) is 0 Å². The van der Waals surface area contributed by atoms with Crippen LogP contribution in [0.5, 0.6) is 0 Å². The van der Waals surface area contributed by atoms with E-state index in [0.29, 0.717) is 0 Å². The minimum atomic E-state index is -3.44. The molecule has 0 bridgehead atoms. The summed E-state index contributed by atoms with van der Waals surface area (Å²) in [6, 6.07) is 6.54. The van der Waals surface area contributed by atoms with Crippen LogP contribution in [0.4, 0.5) is 5.69 Å². The molecule has 1 heterocycles. The molecule has 21 heavy (non-hydrogen) atoms. The van der Waals surface area contributed by atoms with Crippen molar-refractivity contribution in [3.63, 3.8) is 0 Å². The van der Waals surface area contributed by atoms with E-state index in [4.69, 9.17) is 0 Å². The standard InChI is InChI=1S/C14H20N4O2S/c1-10(2)18-21(19,20)13-6-4-12(5-7-13)17-11(3)14-15-8-9-16-14/h4-11,17-18H,1-3H3,(H,15,16). The minimum absolute atomic E-state index is 0.0104. The van der Waals surface area contributed by atoms with Gasteiger partial charge in [0, 0.05) is 24.1 Å². The number of rotatable bonds is 6. The van der Waals surface area contributed by atoms with Crippen LogP contribution in [-0.2, 0) is 10.0 Å². The topological polar surface area (TPSA) is 86.9 Å². The Morgan fingerprint density at radius 2 is 1.81 bits per heavy atom. The van der Waals surface area contributed by atoms with E-state index in [1.165, 1.54) is 0 Å². The van der Waals surface area contributed by atoms with Crippen molar-refractivity contribution in [2.75, 3.05) is 5.32 Å². The first kappa shape index (κ1) is 15.5. The molecule has 3 N–H and O–H groups in total. The monoisotopic (exact) mass is 308 g/mol. The highest BCUT2D eigenvalue weighted by molar-refractivity contribution is 7.89. The van der Waals surface area contributed by atoms with Crippen molar-refractivity contribution < 1.29 is 8.42 Å². The van der Waals surface area contributed by atoms with Crippen molar-refractivity contribution in [2.45, 2.75) is 37.8 Å². The van der Waals surface area contributed by atoms with Gasteiger partial charge >= 0.3 is 0 Å². The Bertz CT molecular complexity index is 664. The van der Waals surface area contributed by atoms with Gasteiger partial charge in [-0.05, 0) is 45.0 Å². The number of H-pyrrole nitrogens is 1. The van der Waals surface area contributed by atoms with Gasteiger partial charge in [-0.25, -0.2) is 18.1 Å². The highest BCUT2D eigenvalue weighted by Crippen LogP contribution is 2.18. The zero-order valence-corrected chi connectivity index (χ0v) is 13.1. The third-order valence-electron chi connectivity index (χ3n) is 2.87. The fourth-order valence-corrected chi connectivity index (χ4v) is 3.19. The molecule has 1 aromatic carbocycles. The molecule has 0 aliphatic heterocycles. The maximum atomic E-state index is 12.0. The number of benzene rings is 1. The molecule has 0 amide bonds. The van der Waals surface area contributed by atoms with E-state index in [1.807, 2.05) is 6.92 Å². The Morgan fingerprint density at radius 3 is 2.33 bits per heavy atom. The van der Waals surface area contributed by atoms with Crippen LogP contribution in [0, 0.1) is 0 Å². The molecule has 0 aliphatic carbocycles. The predicted molar refractivity (Wildman–Crippen MR) is 82.5 cm³/mol. The zero-order chi connectivity index (χ0) is 15.5. The number of aromatic nitrogens is 2. The third kappa shape index (κ3) is 4.05. The van der Waals surface area contributed by atoms with Crippen molar-refractivity contribution in [2.24, 2.45) is 0 Å². The summed E-state index contributed by atoms with van der Waals surface area (Å²) in [6.07, 6.45) is 3.46. The molecule has 7 heteroatoms. The molecule has 1 aromatic heterocycles. The normalized spacial score (nSPS) is 13.3. The molecule has 0 spiro atoms. The van der Waals surface area contributed by atoms with Gasteiger partial charge in [-0.3, -0.25) is 0 Å². The van der Waals surface area contributed by atoms with Crippen LogP contribution >= 0.6 is 0 Å². The van der Waals surface area contributed by atoms with Crippen LogP contribution in [0.25, 0.3) is 0 Å². The van der Waals surface area contributed by atoms with Gasteiger partial charge in [0.1, 0.15) is 5.82 Å². The van der Waals surface area contributed by atoms with Gasteiger partial charge < -0.3 is 10.3 Å². The number of hydrogen-bond donors (Lipinski definition) is 3. The van der Waals surface area contributed by atoms with Gasteiger partial charge in [-0.2, -0.15) is 0 Å². The molecule has 1 atom stereocenters. The fourth-order valence-electron chi connectivity index (χ4n) is 1.94. The lowest BCUT2D eigenvalue weighted by Crippen LogP contribution is -2.30. The number of anilines is 1. The molecule has 2 rings (SSSR count). The third-order valence-corrected chi connectivity index (χ3v) is 4.54. The van der Waals surface area contributed by atoms with Crippen molar-refractivity contribution in [3.05, 3.63) is 42.5 Å². The molecule has 0 saturated carbocycles. The maximum absolute atomic E-state index is 12.0.